The molecule has 1 aliphatic rings. The van der Waals surface area contributed by atoms with Crippen LogP contribution in [0.15, 0.2) is 0 Å². The Balaban J connectivity index is 2.64. The highest BCUT2D eigenvalue weighted by atomic mass is 32.2. The van der Waals surface area contributed by atoms with Gasteiger partial charge in [-0.1, -0.05) is 19.3 Å². The van der Waals surface area contributed by atoms with Crippen LogP contribution in [0.3, 0.4) is 0 Å². The van der Waals surface area contributed by atoms with Crippen LogP contribution in [0.25, 0.3) is 0 Å². The summed E-state index contributed by atoms with van der Waals surface area (Å²) < 4.78 is 20.0. The number of rotatable bonds is 5. The normalized spacial score (nSPS) is 24.8. The minimum absolute atomic E-state index is 0.0942. The zero-order valence-electron chi connectivity index (χ0n) is 10.3. The molecule has 1 aliphatic carbocycles. The van der Waals surface area contributed by atoms with E-state index in [0.717, 1.165) is 32.1 Å². The fourth-order valence-electron chi connectivity index (χ4n) is 2.29. The van der Waals surface area contributed by atoms with Gasteiger partial charge in [0.05, 0.1) is 4.75 Å². The van der Waals surface area contributed by atoms with E-state index in [0.29, 0.717) is 0 Å². The Hall–Kier alpha value is -0.620. The molecule has 2 atom stereocenters. The highest BCUT2D eigenvalue weighted by Gasteiger charge is 2.37. The molecule has 0 heterocycles. The van der Waals surface area contributed by atoms with Crippen molar-refractivity contribution in [2.45, 2.75) is 56.2 Å². The first-order valence-electron chi connectivity index (χ1n) is 6.03. The standard InChI is InChI=1S/C11H22N2O3S/c1-11(6-3-2-4-7-11)17(13,16)8-5-9(12)10(14)15/h9,13H,2-8,12H2,1H3,(H,14,15)/t9-,17?/m0/s1. The van der Waals surface area contributed by atoms with Crippen LogP contribution in [-0.2, 0) is 14.5 Å². The third-order valence-electron chi connectivity index (χ3n) is 3.74. The molecular weight excluding hydrogens is 240 g/mol. The van der Waals surface area contributed by atoms with Gasteiger partial charge in [0.1, 0.15) is 6.04 Å². The molecule has 1 saturated carbocycles. The summed E-state index contributed by atoms with van der Waals surface area (Å²) in [6, 6.07) is -1.01. The Bertz CT molecular complexity index is 372. The zero-order chi connectivity index (χ0) is 13.1. The number of carboxylic acid groups (broad SMARTS) is 1. The minimum atomic E-state index is -2.75. The largest absolute Gasteiger partial charge is 0.480 e. The molecule has 0 bridgehead atoms. The third-order valence-corrected chi connectivity index (χ3v) is 6.55. The molecule has 0 spiro atoms. The van der Waals surface area contributed by atoms with Crippen molar-refractivity contribution in [3.05, 3.63) is 0 Å². The first-order chi connectivity index (χ1) is 7.78. The maximum Gasteiger partial charge on any atom is 0.320 e. The molecule has 1 unspecified atom stereocenters. The number of carboxylic acids is 1. The van der Waals surface area contributed by atoms with Crippen molar-refractivity contribution in [1.82, 2.24) is 0 Å². The summed E-state index contributed by atoms with van der Waals surface area (Å²) in [5.41, 5.74) is 5.39. The Kier molecular flexibility index (Phi) is 4.55. The highest BCUT2D eigenvalue weighted by Crippen LogP contribution is 2.35. The second-order valence-electron chi connectivity index (χ2n) is 5.12. The van der Waals surface area contributed by atoms with Crippen molar-refractivity contribution in [3.63, 3.8) is 0 Å². The lowest BCUT2D eigenvalue weighted by atomic mass is 9.90. The number of hydrogen-bond acceptors (Lipinski definition) is 4. The summed E-state index contributed by atoms with van der Waals surface area (Å²) in [5.74, 6) is -0.995. The molecule has 0 radical (unpaired) electrons. The molecule has 6 heteroatoms. The highest BCUT2D eigenvalue weighted by molar-refractivity contribution is 7.93. The number of aliphatic carboxylic acids is 1. The Morgan fingerprint density at radius 2 is 2.00 bits per heavy atom. The van der Waals surface area contributed by atoms with Crippen LogP contribution >= 0.6 is 0 Å². The number of nitrogens with one attached hydrogen (secondary N) is 1. The van der Waals surface area contributed by atoms with Gasteiger partial charge in [-0.2, -0.15) is 0 Å². The minimum Gasteiger partial charge on any atom is -0.480 e. The average Bonchev–Trinajstić information content (AvgIpc) is 2.26. The maximum atomic E-state index is 12.4. The van der Waals surface area contributed by atoms with Gasteiger partial charge in [-0.05, 0) is 26.2 Å². The molecule has 0 aromatic carbocycles. The SMILES string of the molecule is CC1(S(=N)(=O)CC[C@H](N)C(=O)O)CCCCC1. The van der Waals surface area contributed by atoms with E-state index in [1.54, 1.807) is 0 Å². The molecule has 0 aliphatic heterocycles. The summed E-state index contributed by atoms with van der Waals surface area (Å²) in [6.45, 7) is 1.90. The van der Waals surface area contributed by atoms with Gasteiger partial charge in [0.15, 0.2) is 0 Å². The Morgan fingerprint density at radius 3 is 2.47 bits per heavy atom. The average molecular weight is 262 g/mol. The van der Waals surface area contributed by atoms with E-state index >= 15 is 0 Å². The van der Waals surface area contributed by atoms with Crippen LogP contribution < -0.4 is 5.73 Å². The summed E-state index contributed by atoms with van der Waals surface area (Å²) in [4.78, 5) is 10.6. The van der Waals surface area contributed by atoms with E-state index in [9.17, 15) is 9.00 Å². The molecular formula is C11H22N2O3S. The second-order valence-corrected chi connectivity index (χ2v) is 7.87. The Labute approximate surface area is 103 Å². The van der Waals surface area contributed by atoms with Crippen molar-refractivity contribution >= 4 is 15.7 Å². The molecule has 17 heavy (non-hydrogen) atoms. The summed E-state index contributed by atoms with van der Waals surface area (Å²) in [7, 11) is -2.75. The fraction of sp³-hybridized carbons (Fsp3) is 0.909. The smallest absolute Gasteiger partial charge is 0.320 e. The van der Waals surface area contributed by atoms with Crippen LogP contribution in [0.5, 0.6) is 0 Å². The van der Waals surface area contributed by atoms with Gasteiger partial charge >= 0.3 is 5.97 Å². The molecule has 100 valence electrons. The number of carbonyl (C=O) groups is 1. The van der Waals surface area contributed by atoms with Gasteiger partial charge in [0.25, 0.3) is 0 Å². The molecule has 1 rings (SSSR count). The van der Waals surface area contributed by atoms with Gasteiger partial charge in [0, 0.05) is 15.5 Å². The van der Waals surface area contributed by atoms with E-state index in [2.05, 4.69) is 0 Å². The van der Waals surface area contributed by atoms with Gasteiger partial charge in [0.2, 0.25) is 0 Å². The van der Waals surface area contributed by atoms with Crippen molar-refractivity contribution in [2.24, 2.45) is 5.73 Å². The first kappa shape index (κ1) is 14.4. The molecule has 5 nitrogen and oxygen atoms in total. The lowest BCUT2D eigenvalue weighted by Gasteiger charge is -2.35. The van der Waals surface area contributed by atoms with Crippen LogP contribution in [0, 0.1) is 4.78 Å². The number of nitrogens with two attached hydrogens (primary N) is 1. The second kappa shape index (κ2) is 5.35. The van der Waals surface area contributed by atoms with Gasteiger partial charge in [-0.25, -0.2) is 4.21 Å². The monoisotopic (exact) mass is 262 g/mol. The van der Waals surface area contributed by atoms with Gasteiger partial charge < -0.3 is 10.8 Å². The number of hydrogen-bond donors (Lipinski definition) is 3. The topological polar surface area (TPSA) is 104 Å². The van der Waals surface area contributed by atoms with Crippen LogP contribution in [0.1, 0.15) is 45.4 Å². The summed E-state index contributed by atoms with van der Waals surface area (Å²) in [5, 5.41) is 8.67. The van der Waals surface area contributed by atoms with E-state index in [1.807, 2.05) is 6.92 Å². The van der Waals surface area contributed by atoms with E-state index in [4.69, 9.17) is 15.6 Å². The van der Waals surface area contributed by atoms with Crippen LogP contribution in [-0.4, -0.2) is 31.8 Å². The van der Waals surface area contributed by atoms with Crippen molar-refractivity contribution < 1.29 is 14.1 Å². The first-order valence-corrected chi connectivity index (χ1v) is 7.76. The van der Waals surface area contributed by atoms with Crippen LogP contribution in [0.2, 0.25) is 0 Å². The van der Waals surface area contributed by atoms with Crippen molar-refractivity contribution in [1.29, 1.82) is 4.78 Å². The Morgan fingerprint density at radius 1 is 1.47 bits per heavy atom. The molecule has 0 aromatic heterocycles. The fourth-order valence-corrected chi connectivity index (χ4v) is 4.32. The third kappa shape index (κ3) is 3.42. The van der Waals surface area contributed by atoms with Crippen LogP contribution in [0.4, 0.5) is 0 Å². The quantitative estimate of drug-likeness (QED) is 0.699. The predicted octanol–water partition coefficient (Wildman–Crippen LogP) is 1.56. The molecule has 0 aromatic rings. The van der Waals surface area contributed by atoms with Crippen molar-refractivity contribution in [3.8, 4) is 0 Å². The zero-order valence-corrected chi connectivity index (χ0v) is 11.1. The molecule has 4 N–H and O–H groups in total. The summed E-state index contributed by atoms with van der Waals surface area (Å²) >= 11 is 0. The van der Waals surface area contributed by atoms with E-state index in [-0.39, 0.29) is 12.2 Å². The molecule has 1 fully saturated rings. The maximum absolute atomic E-state index is 12.4. The summed E-state index contributed by atoms with van der Waals surface area (Å²) in [6.07, 6.45) is 4.89. The molecule has 0 amide bonds. The molecule has 0 saturated heterocycles. The van der Waals surface area contributed by atoms with E-state index in [1.165, 1.54) is 0 Å². The van der Waals surface area contributed by atoms with E-state index < -0.39 is 26.5 Å². The van der Waals surface area contributed by atoms with Crippen molar-refractivity contribution in [2.75, 3.05) is 5.75 Å². The lowest BCUT2D eigenvalue weighted by Crippen LogP contribution is -2.40. The van der Waals surface area contributed by atoms with Gasteiger partial charge in [-0.3, -0.25) is 9.57 Å². The van der Waals surface area contributed by atoms with Gasteiger partial charge in [-0.15, -0.1) is 0 Å². The lowest BCUT2D eigenvalue weighted by molar-refractivity contribution is -0.138. The predicted molar refractivity (Wildman–Crippen MR) is 67.4 cm³/mol.